The number of piperidine rings is 1. The van der Waals surface area contributed by atoms with Crippen LogP contribution in [-0.2, 0) is 16.1 Å². The number of hydrogen-bond donors (Lipinski definition) is 1. The van der Waals surface area contributed by atoms with Crippen molar-refractivity contribution < 1.29 is 14.4 Å². The molecule has 3 rings (SSSR count). The van der Waals surface area contributed by atoms with Gasteiger partial charge in [0.25, 0.3) is 5.91 Å². The summed E-state index contributed by atoms with van der Waals surface area (Å²) in [5, 5.41) is 6.92. The number of carbonyl (C=O) groups excluding carboxylic acids is 3. The summed E-state index contributed by atoms with van der Waals surface area (Å²) in [5.74, 6) is -0.521. The summed E-state index contributed by atoms with van der Waals surface area (Å²) in [7, 11) is 0. The van der Waals surface area contributed by atoms with Crippen molar-refractivity contribution in [3.63, 3.8) is 0 Å². The lowest BCUT2D eigenvalue weighted by atomic mass is 10.0. The molecule has 2 aliphatic rings. The number of imide groups is 1. The molecule has 0 saturated carbocycles. The molecule has 3 heterocycles. The fourth-order valence-electron chi connectivity index (χ4n) is 3.42. The van der Waals surface area contributed by atoms with E-state index in [1.54, 1.807) is 4.90 Å². The molecule has 24 heavy (non-hydrogen) atoms. The van der Waals surface area contributed by atoms with Gasteiger partial charge in [-0.05, 0) is 39.2 Å². The van der Waals surface area contributed by atoms with Gasteiger partial charge < -0.3 is 10.2 Å². The van der Waals surface area contributed by atoms with E-state index in [1.807, 2.05) is 24.6 Å². The molecule has 4 amide bonds. The van der Waals surface area contributed by atoms with E-state index in [4.69, 9.17) is 0 Å². The Kier molecular flexibility index (Phi) is 4.55. The molecule has 8 heteroatoms. The van der Waals surface area contributed by atoms with Gasteiger partial charge in [-0.3, -0.25) is 19.2 Å². The molecule has 2 fully saturated rings. The SMILES string of the molecule is Cc1cc(C)n(C[C@@H]2CCCCN2C(=O)CN2C(=O)CNC2=O)n1. The second kappa shape index (κ2) is 6.62. The van der Waals surface area contributed by atoms with Crippen molar-refractivity contribution in [2.45, 2.75) is 45.7 Å². The standard InChI is InChI=1S/C16H23N5O3/c1-11-7-12(2)21(18-11)9-13-5-3-4-6-19(13)15(23)10-20-14(22)8-17-16(20)24/h7,13H,3-6,8-10H2,1-2H3,(H,17,24)/t13-/m0/s1. The molecule has 2 saturated heterocycles. The summed E-state index contributed by atoms with van der Waals surface area (Å²) in [6.45, 7) is 5.05. The van der Waals surface area contributed by atoms with Crippen LogP contribution in [0.4, 0.5) is 4.79 Å². The highest BCUT2D eigenvalue weighted by atomic mass is 16.2. The number of nitrogens with one attached hydrogen (secondary N) is 1. The first kappa shape index (κ1) is 16.5. The van der Waals surface area contributed by atoms with Gasteiger partial charge in [0.05, 0.1) is 24.8 Å². The number of hydrogen-bond acceptors (Lipinski definition) is 4. The molecule has 1 atom stereocenters. The number of urea groups is 1. The monoisotopic (exact) mass is 333 g/mol. The van der Waals surface area contributed by atoms with E-state index in [-0.39, 0.29) is 30.9 Å². The van der Waals surface area contributed by atoms with Gasteiger partial charge in [0.1, 0.15) is 6.54 Å². The lowest BCUT2D eigenvalue weighted by Gasteiger charge is -2.36. The zero-order valence-corrected chi connectivity index (χ0v) is 14.1. The zero-order valence-electron chi connectivity index (χ0n) is 14.1. The molecule has 8 nitrogen and oxygen atoms in total. The average Bonchev–Trinajstić information content (AvgIpc) is 3.03. The Balaban J connectivity index is 1.69. The Morgan fingerprint density at radius 3 is 2.75 bits per heavy atom. The summed E-state index contributed by atoms with van der Waals surface area (Å²) in [4.78, 5) is 38.8. The van der Waals surface area contributed by atoms with E-state index < -0.39 is 6.03 Å². The van der Waals surface area contributed by atoms with E-state index in [0.29, 0.717) is 13.1 Å². The van der Waals surface area contributed by atoms with Crippen LogP contribution in [0.25, 0.3) is 0 Å². The predicted molar refractivity (Wildman–Crippen MR) is 86.2 cm³/mol. The Morgan fingerprint density at radius 2 is 2.12 bits per heavy atom. The van der Waals surface area contributed by atoms with Crippen LogP contribution in [0.3, 0.4) is 0 Å². The normalized spacial score (nSPS) is 21.3. The Morgan fingerprint density at radius 1 is 1.33 bits per heavy atom. The first-order valence-corrected chi connectivity index (χ1v) is 8.34. The third-order valence-corrected chi connectivity index (χ3v) is 4.66. The minimum absolute atomic E-state index is 0.0265. The van der Waals surface area contributed by atoms with Crippen molar-refractivity contribution in [3.05, 3.63) is 17.5 Å². The molecule has 0 aromatic carbocycles. The highest BCUT2D eigenvalue weighted by molar-refractivity contribution is 6.04. The van der Waals surface area contributed by atoms with Crippen molar-refractivity contribution in [3.8, 4) is 0 Å². The predicted octanol–water partition coefficient (Wildman–Crippen LogP) is 0.433. The quantitative estimate of drug-likeness (QED) is 0.810. The molecule has 1 N–H and O–H groups in total. The maximum Gasteiger partial charge on any atom is 0.325 e. The second-order valence-corrected chi connectivity index (χ2v) is 6.48. The third kappa shape index (κ3) is 3.27. The van der Waals surface area contributed by atoms with Gasteiger partial charge >= 0.3 is 6.03 Å². The Hall–Kier alpha value is -2.38. The molecular formula is C16H23N5O3. The minimum Gasteiger partial charge on any atom is -0.336 e. The van der Waals surface area contributed by atoms with Crippen LogP contribution in [-0.4, -0.2) is 63.1 Å². The molecule has 130 valence electrons. The van der Waals surface area contributed by atoms with Crippen LogP contribution < -0.4 is 5.32 Å². The topological polar surface area (TPSA) is 87.5 Å². The number of aryl methyl sites for hydroxylation is 2. The maximum absolute atomic E-state index is 12.7. The number of nitrogens with zero attached hydrogens (tertiary/aromatic N) is 4. The summed E-state index contributed by atoms with van der Waals surface area (Å²) in [6.07, 6.45) is 2.92. The van der Waals surface area contributed by atoms with E-state index in [2.05, 4.69) is 10.4 Å². The van der Waals surface area contributed by atoms with Crippen LogP contribution in [0.1, 0.15) is 30.7 Å². The van der Waals surface area contributed by atoms with Crippen molar-refractivity contribution in [2.75, 3.05) is 19.6 Å². The molecule has 1 aromatic rings. The molecule has 0 bridgehead atoms. The van der Waals surface area contributed by atoms with Gasteiger partial charge in [-0.1, -0.05) is 0 Å². The summed E-state index contributed by atoms with van der Waals surface area (Å²) in [6, 6.07) is 1.58. The maximum atomic E-state index is 12.7. The second-order valence-electron chi connectivity index (χ2n) is 6.48. The van der Waals surface area contributed by atoms with E-state index in [1.165, 1.54) is 0 Å². The summed E-state index contributed by atoms with van der Waals surface area (Å²) >= 11 is 0. The molecule has 0 unspecified atom stereocenters. The van der Waals surface area contributed by atoms with Crippen LogP contribution in [0.2, 0.25) is 0 Å². The van der Waals surface area contributed by atoms with E-state index >= 15 is 0 Å². The smallest absolute Gasteiger partial charge is 0.325 e. The van der Waals surface area contributed by atoms with Gasteiger partial charge in [0, 0.05) is 12.2 Å². The number of likely N-dealkylation sites (tertiary alicyclic amines) is 1. The highest BCUT2D eigenvalue weighted by Crippen LogP contribution is 2.20. The average molecular weight is 333 g/mol. The van der Waals surface area contributed by atoms with Crippen molar-refractivity contribution in [1.29, 1.82) is 0 Å². The van der Waals surface area contributed by atoms with Crippen LogP contribution in [0.15, 0.2) is 6.07 Å². The molecule has 0 spiro atoms. The van der Waals surface area contributed by atoms with Crippen molar-refractivity contribution in [2.24, 2.45) is 0 Å². The first-order chi connectivity index (χ1) is 11.5. The van der Waals surface area contributed by atoms with E-state index in [0.717, 1.165) is 35.6 Å². The highest BCUT2D eigenvalue weighted by Gasteiger charge is 2.34. The lowest BCUT2D eigenvalue weighted by Crippen LogP contribution is -2.50. The fourth-order valence-corrected chi connectivity index (χ4v) is 3.42. The molecule has 0 aliphatic carbocycles. The number of amides is 4. The number of carbonyl (C=O) groups is 3. The van der Waals surface area contributed by atoms with Crippen molar-refractivity contribution in [1.82, 2.24) is 24.9 Å². The van der Waals surface area contributed by atoms with Gasteiger partial charge in [0.2, 0.25) is 5.91 Å². The van der Waals surface area contributed by atoms with E-state index in [9.17, 15) is 14.4 Å². The van der Waals surface area contributed by atoms with Crippen LogP contribution in [0, 0.1) is 13.8 Å². The van der Waals surface area contributed by atoms with Gasteiger partial charge in [-0.2, -0.15) is 5.10 Å². The first-order valence-electron chi connectivity index (χ1n) is 8.34. The zero-order chi connectivity index (χ0) is 17.3. The van der Waals surface area contributed by atoms with Gasteiger partial charge in [-0.15, -0.1) is 0 Å². The largest absolute Gasteiger partial charge is 0.336 e. The summed E-state index contributed by atoms with van der Waals surface area (Å²) < 4.78 is 1.93. The molecular weight excluding hydrogens is 310 g/mol. The summed E-state index contributed by atoms with van der Waals surface area (Å²) in [5.41, 5.74) is 2.03. The Bertz CT molecular complexity index is 653. The lowest BCUT2D eigenvalue weighted by molar-refractivity contribution is -0.139. The van der Waals surface area contributed by atoms with Gasteiger partial charge in [0.15, 0.2) is 0 Å². The van der Waals surface area contributed by atoms with Crippen LogP contribution in [0.5, 0.6) is 0 Å². The minimum atomic E-state index is -0.486. The van der Waals surface area contributed by atoms with Gasteiger partial charge in [-0.25, -0.2) is 4.79 Å². The third-order valence-electron chi connectivity index (χ3n) is 4.66. The number of rotatable bonds is 4. The Labute approximate surface area is 140 Å². The fraction of sp³-hybridized carbons (Fsp3) is 0.625. The number of aromatic nitrogens is 2. The molecule has 2 aliphatic heterocycles. The molecule has 1 aromatic heterocycles. The van der Waals surface area contributed by atoms with Crippen LogP contribution >= 0.6 is 0 Å². The van der Waals surface area contributed by atoms with Crippen molar-refractivity contribution >= 4 is 17.8 Å². The molecule has 0 radical (unpaired) electrons.